The van der Waals surface area contributed by atoms with Crippen molar-refractivity contribution in [3.05, 3.63) is 11.8 Å². The van der Waals surface area contributed by atoms with E-state index in [1.165, 1.54) is 11.8 Å². The van der Waals surface area contributed by atoms with Gasteiger partial charge in [0.05, 0.1) is 18.1 Å². The average Bonchev–Trinajstić information content (AvgIpc) is 2.66. The molecule has 0 bridgehead atoms. The Labute approximate surface area is 92.6 Å². The molecule has 1 aromatic heterocycles. The number of esters is 1. The molecule has 6 heteroatoms. The normalized spacial score (nSPS) is 10.3. The van der Waals surface area contributed by atoms with Crippen LogP contribution < -0.4 is 0 Å². The van der Waals surface area contributed by atoms with Crippen molar-refractivity contribution < 1.29 is 13.9 Å². The molecule has 5 nitrogen and oxygen atoms in total. The molecule has 0 spiro atoms. The highest BCUT2D eigenvalue weighted by molar-refractivity contribution is 7.99. The molecule has 0 aliphatic carbocycles. The second-order valence-electron chi connectivity index (χ2n) is 2.74. The first-order chi connectivity index (χ1) is 7.26. The van der Waals surface area contributed by atoms with Crippen molar-refractivity contribution in [2.24, 2.45) is 0 Å². The van der Waals surface area contributed by atoms with Crippen molar-refractivity contribution >= 4 is 17.7 Å². The summed E-state index contributed by atoms with van der Waals surface area (Å²) in [7, 11) is 0. The Morgan fingerprint density at radius 1 is 1.40 bits per heavy atom. The van der Waals surface area contributed by atoms with Gasteiger partial charge >= 0.3 is 5.97 Å². The van der Waals surface area contributed by atoms with E-state index in [1.807, 2.05) is 6.92 Å². The van der Waals surface area contributed by atoms with Gasteiger partial charge in [0.2, 0.25) is 11.8 Å². The number of carbonyl (C=O) groups excluding carboxylic acids is 1. The first-order valence-electron chi connectivity index (χ1n) is 4.80. The van der Waals surface area contributed by atoms with Crippen LogP contribution in [-0.2, 0) is 21.7 Å². The van der Waals surface area contributed by atoms with Crippen molar-refractivity contribution in [2.45, 2.75) is 26.0 Å². The van der Waals surface area contributed by atoms with Gasteiger partial charge in [-0.2, -0.15) is 0 Å². The van der Waals surface area contributed by atoms with Crippen LogP contribution in [0.25, 0.3) is 0 Å². The molecule has 15 heavy (non-hydrogen) atoms. The van der Waals surface area contributed by atoms with Crippen LogP contribution in [0.1, 0.15) is 25.6 Å². The van der Waals surface area contributed by atoms with Crippen LogP contribution in [0.3, 0.4) is 0 Å². The van der Waals surface area contributed by atoms with Gasteiger partial charge in [-0.25, -0.2) is 0 Å². The number of ether oxygens (including phenoxy) is 1. The maximum atomic E-state index is 11.0. The van der Waals surface area contributed by atoms with Gasteiger partial charge in [0.15, 0.2) is 0 Å². The highest BCUT2D eigenvalue weighted by Gasteiger charge is 2.06. The zero-order valence-corrected chi connectivity index (χ0v) is 9.67. The van der Waals surface area contributed by atoms with E-state index in [2.05, 4.69) is 10.2 Å². The van der Waals surface area contributed by atoms with E-state index < -0.39 is 0 Å². The molecule has 1 rings (SSSR count). The number of hydrogen-bond donors (Lipinski definition) is 0. The molecule has 0 saturated carbocycles. The number of aromatic nitrogens is 2. The van der Waals surface area contributed by atoms with Crippen LogP contribution >= 0.6 is 11.8 Å². The van der Waals surface area contributed by atoms with E-state index in [-0.39, 0.29) is 5.97 Å². The molecule has 0 atom stereocenters. The topological polar surface area (TPSA) is 65.2 Å². The molecule has 0 unspecified atom stereocenters. The molecule has 1 heterocycles. The summed E-state index contributed by atoms with van der Waals surface area (Å²) in [5.74, 6) is 1.84. The quantitative estimate of drug-likeness (QED) is 0.689. The summed E-state index contributed by atoms with van der Waals surface area (Å²) in [5.41, 5.74) is 0. The number of hydrogen-bond acceptors (Lipinski definition) is 6. The Bertz CT molecular complexity index is 314. The van der Waals surface area contributed by atoms with Gasteiger partial charge < -0.3 is 9.15 Å². The number of thioether (sulfide) groups is 1. The summed E-state index contributed by atoms with van der Waals surface area (Å²) in [6, 6.07) is 0. The lowest BCUT2D eigenvalue weighted by Crippen LogP contribution is -2.06. The third-order valence-corrected chi connectivity index (χ3v) is 2.45. The SMILES string of the molecule is CCOC(=O)CSCc1nnc(CC)o1. The molecule has 0 amide bonds. The van der Waals surface area contributed by atoms with Crippen molar-refractivity contribution in [3.63, 3.8) is 0 Å². The molecule has 84 valence electrons. The minimum atomic E-state index is -0.210. The lowest BCUT2D eigenvalue weighted by atomic mass is 10.5. The number of nitrogens with zero attached hydrogens (tertiary/aromatic N) is 2. The van der Waals surface area contributed by atoms with Gasteiger partial charge in [-0.05, 0) is 6.92 Å². The fourth-order valence-electron chi connectivity index (χ4n) is 0.914. The van der Waals surface area contributed by atoms with Gasteiger partial charge in [-0.15, -0.1) is 22.0 Å². The van der Waals surface area contributed by atoms with Gasteiger partial charge in [-0.3, -0.25) is 4.79 Å². The lowest BCUT2D eigenvalue weighted by Gasteiger charge is -1.99. The van der Waals surface area contributed by atoms with Gasteiger partial charge in [0, 0.05) is 6.42 Å². The fourth-order valence-corrected chi connectivity index (χ4v) is 1.56. The highest BCUT2D eigenvalue weighted by Crippen LogP contribution is 2.11. The largest absolute Gasteiger partial charge is 0.465 e. The summed E-state index contributed by atoms with van der Waals surface area (Å²) >= 11 is 1.41. The molecule has 0 fully saturated rings. The van der Waals surface area contributed by atoms with Gasteiger partial charge in [-0.1, -0.05) is 6.92 Å². The fraction of sp³-hybridized carbons (Fsp3) is 0.667. The molecule has 0 aliphatic rings. The number of carbonyl (C=O) groups is 1. The van der Waals surface area contributed by atoms with Gasteiger partial charge in [0.1, 0.15) is 0 Å². The van der Waals surface area contributed by atoms with Crippen molar-refractivity contribution in [2.75, 3.05) is 12.4 Å². The van der Waals surface area contributed by atoms with Crippen LogP contribution in [0.5, 0.6) is 0 Å². The van der Waals surface area contributed by atoms with Crippen LogP contribution in [-0.4, -0.2) is 28.5 Å². The minimum Gasteiger partial charge on any atom is -0.465 e. The maximum Gasteiger partial charge on any atom is 0.315 e. The predicted octanol–water partition coefficient (Wildman–Crippen LogP) is 1.43. The summed E-state index contributed by atoms with van der Waals surface area (Å²) < 4.78 is 10.1. The summed E-state index contributed by atoms with van der Waals surface area (Å²) in [5, 5.41) is 7.66. The van der Waals surface area contributed by atoms with Gasteiger partial charge in [0.25, 0.3) is 0 Å². The summed E-state index contributed by atoms with van der Waals surface area (Å²) in [4.78, 5) is 11.0. The molecule has 1 aromatic rings. The van der Waals surface area contributed by atoms with Crippen molar-refractivity contribution in [3.8, 4) is 0 Å². The van der Waals surface area contributed by atoms with E-state index in [0.717, 1.165) is 6.42 Å². The molecule has 0 aliphatic heterocycles. The molecular weight excluding hydrogens is 216 g/mol. The Kier molecular flexibility index (Phi) is 5.17. The van der Waals surface area contributed by atoms with Crippen LogP contribution in [0.4, 0.5) is 0 Å². The van der Waals surface area contributed by atoms with E-state index >= 15 is 0 Å². The zero-order chi connectivity index (χ0) is 11.1. The Morgan fingerprint density at radius 2 is 2.13 bits per heavy atom. The zero-order valence-electron chi connectivity index (χ0n) is 8.86. The summed E-state index contributed by atoms with van der Waals surface area (Å²) in [6.07, 6.45) is 0.732. The molecular formula is C9H14N2O3S. The van der Waals surface area contributed by atoms with E-state index in [4.69, 9.17) is 9.15 Å². The number of rotatable bonds is 6. The molecule has 0 aromatic carbocycles. The predicted molar refractivity (Wildman–Crippen MR) is 56.5 cm³/mol. The minimum absolute atomic E-state index is 0.210. The van der Waals surface area contributed by atoms with E-state index in [0.29, 0.717) is 29.9 Å². The third kappa shape index (κ3) is 4.33. The monoisotopic (exact) mass is 230 g/mol. The average molecular weight is 230 g/mol. The summed E-state index contributed by atoms with van der Waals surface area (Å²) in [6.45, 7) is 4.15. The maximum absolute atomic E-state index is 11.0. The number of aryl methyl sites for hydroxylation is 1. The Balaban J connectivity index is 2.22. The first-order valence-corrected chi connectivity index (χ1v) is 5.96. The smallest absolute Gasteiger partial charge is 0.315 e. The third-order valence-electron chi connectivity index (χ3n) is 1.56. The first kappa shape index (κ1) is 12.0. The second-order valence-corrected chi connectivity index (χ2v) is 3.73. The molecule has 0 N–H and O–H groups in total. The van der Waals surface area contributed by atoms with E-state index in [1.54, 1.807) is 6.92 Å². The Hall–Kier alpha value is -1.04. The van der Waals surface area contributed by atoms with Crippen LogP contribution in [0.2, 0.25) is 0 Å². The van der Waals surface area contributed by atoms with Crippen molar-refractivity contribution in [1.82, 2.24) is 10.2 Å². The van der Waals surface area contributed by atoms with Crippen LogP contribution in [0, 0.1) is 0 Å². The Morgan fingerprint density at radius 3 is 2.73 bits per heavy atom. The van der Waals surface area contributed by atoms with E-state index in [9.17, 15) is 4.79 Å². The van der Waals surface area contributed by atoms with Crippen LogP contribution in [0.15, 0.2) is 4.42 Å². The molecule has 0 saturated heterocycles. The second kappa shape index (κ2) is 6.44. The highest BCUT2D eigenvalue weighted by atomic mass is 32.2. The lowest BCUT2D eigenvalue weighted by molar-refractivity contribution is -0.139. The molecule has 0 radical (unpaired) electrons. The van der Waals surface area contributed by atoms with Crippen molar-refractivity contribution in [1.29, 1.82) is 0 Å². The standard InChI is InChI=1S/C9H14N2O3S/c1-3-7-10-11-8(14-7)5-15-6-9(12)13-4-2/h3-6H2,1-2H3.